The minimum atomic E-state index is -1.07. The van der Waals surface area contributed by atoms with Crippen LogP contribution in [0, 0.1) is 0 Å². The van der Waals surface area contributed by atoms with Crippen LogP contribution in [0.25, 0.3) is 5.76 Å². The highest BCUT2D eigenvalue weighted by molar-refractivity contribution is 9.09. The Morgan fingerprint density at radius 3 is 1.95 bits per heavy atom. The summed E-state index contributed by atoms with van der Waals surface area (Å²) in [4.78, 5) is 23.6. The van der Waals surface area contributed by atoms with Gasteiger partial charge in [-0.25, -0.2) is 0 Å². The Morgan fingerprint density at radius 2 is 1.48 bits per heavy atom. The molecule has 21 heavy (non-hydrogen) atoms. The van der Waals surface area contributed by atoms with Crippen LogP contribution in [0.2, 0.25) is 10.0 Å². The number of carbonyl (C=O) groups excluding carboxylic acids is 2. The van der Waals surface area contributed by atoms with Gasteiger partial charge < -0.3 is 15.3 Å². The summed E-state index contributed by atoms with van der Waals surface area (Å²) in [6.07, 6.45) is 0.418. The van der Waals surface area contributed by atoms with Crippen molar-refractivity contribution in [2.75, 3.05) is 0 Å². The van der Waals surface area contributed by atoms with Crippen LogP contribution in [0.4, 0.5) is 0 Å². The molecule has 2 rings (SSSR count). The zero-order valence-electron chi connectivity index (χ0n) is 10.6. The predicted molar refractivity (Wildman–Crippen MR) is 81.7 cm³/mol. The van der Waals surface area contributed by atoms with E-state index in [4.69, 9.17) is 23.2 Å². The van der Waals surface area contributed by atoms with Gasteiger partial charge >= 0.3 is 0 Å². The molecule has 8 heteroatoms. The smallest absolute Gasteiger partial charge is 0.238 e. The fourth-order valence-corrected chi connectivity index (χ4v) is 2.88. The third-order valence-electron chi connectivity index (χ3n) is 3.17. The van der Waals surface area contributed by atoms with Crippen molar-refractivity contribution in [1.82, 2.24) is 0 Å². The third kappa shape index (κ3) is 2.22. The quantitative estimate of drug-likeness (QED) is 0.404. The summed E-state index contributed by atoms with van der Waals surface area (Å²) in [5.74, 6) is -4.06. The Balaban J connectivity index is 2.93. The highest BCUT2D eigenvalue weighted by atomic mass is 79.9. The molecule has 0 fully saturated rings. The van der Waals surface area contributed by atoms with Crippen LogP contribution in [0.3, 0.4) is 0 Å². The first-order chi connectivity index (χ1) is 9.73. The van der Waals surface area contributed by atoms with Crippen molar-refractivity contribution < 1.29 is 24.9 Å². The molecule has 5 nitrogen and oxygen atoms in total. The molecule has 1 aromatic rings. The van der Waals surface area contributed by atoms with Crippen molar-refractivity contribution in [3.8, 4) is 11.5 Å². The number of aromatic hydroxyl groups is 2. The summed E-state index contributed by atoms with van der Waals surface area (Å²) in [7, 11) is 0. The van der Waals surface area contributed by atoms with Gasteiger partial charge in [0.25, 0.3) is 0 Å². The van der Waals surface area contributed by atoms with Crippen LogP contribution in [-0.4, -0.2) is 31.7 Å². The van der Waals surface area contributed by atoms with Crippen LogP contribution in [0.1, 0.15) is 29.3 Å². The van der Waals surface area contributed by atoms with Gasteiger partial charge in [-0.1, -0.05) is 46.1 Å². The first-order valence-corrected chi connectivity index (χ1v) is 7.50. The summed E-state index contributed by atoms with van der Waals surface area (Å²) in [6.45, 7) is 1.74. The van der Waals surface area contributed by atoms with Crippen molar-refractivity contribution in [2.45, 2.75) is 18.2 Å². The van der Waals surface area contributed by atoms with Crippen molar-refractivity contribution in [3.63, 3.8) is 0 Å². The second kappa shape index (κ2) is 5.51. The number of rotatable bonds is 2. The van der Waals surface area contributed by atoms with Crippen LogP contribution >= 0.6 is 39.1 Å². The number of phenols is 2. The second-order valence-corrected chi connectivity index (χ2v) is 6.23. The van der Waals surface area contributed by atoms with E-state index in [1.165, 1.54) is 0 Å². The maximum atomic E-state index is 12.1. The monoisotopic (exact) mass is 394 g/mol. The number of ketones is 2. The lowest BCUT2D eigenvalue weighted by molar-refractivity contribution is -0.112. The molecule has 1 aliphatic carbocycles. The van der Waals surface area contributed by atoms with E-state index in [1.54, 1.807) is 6.92 Å². The molecule has 0 aliphatic heterocycles. The Bertz CT molecular complexity index is 711. The summed E-state index contributed by atoms with van der Waals surface area (Å²) in [6, 6.07) is 0. The molecule has 0 amide bonds. The minimum Gasteiger partial charge on any atom is -0.507 e. The van der Waals surface area contributed by atoms with Gasteiger partial charge in [-0.05, 0) is 6.42 Å². The van der Waals surface area contributed by atoms with Crippen LogP contribution in [-0.2, 0) is 4.79 Å². The van der Waals surface area contributed by atoms with E-state index in [0.29, 0.717) is 6.42 Å². The molecule has 1 atom stereocenters. The molecule has 0 saturated carbocycles. The van der Waals surface area contributed by atoms with Crippen LogP contribution in [0.15, 0.2) is 5.57 Å². The van der Waals surface area contributed by atoms with Crippen molar-refractivity contribution in [2.24, 2.45) is 0 Å². The molecule has 0 radical (unpaired) electrons. The Labute approximate surface area is 137 Å². The second-order valence-electron chi connectivity index (χ2n) is 4.37. The molecule has 3 N–H and O–H groups in total. The normalized spacial score (nSPS) is 16.2. The van der Waals surface area contributed by atoms with E-state index in [1.807, 2.05) is 0 Å². The Morgan fingerprint density at radius 1 is 1.00 bits per heavy atom. The summed E-state index contributed by atoms with van der Waals surface area (Å²) in [5, 5.41) is 29.2. The topological polar surface area (TPSA) is 94.8 Å². The van der Waals surface area contributed by atoms with E-state index in [9.17, 15) is 24.9 Å². The zero-order valence-corrected chi connectivity index (χ0v) is 13.7. The lowest BCUT2D eigenvalue weighted by Crippen LogP contribution is -2.28. The number of allylic oxidation sites excluding steroid dienone is 1. The molecule has 0 aromatic heterocycles. The first-order valence-electron chi connectivity index (χ1n) is 5.83. The molecule has 1 aliphatic rings. The van der Waals surface area contributed by atoms with Crippen LogP contribution < -0.4 is 0 Å². The number of carbonyl (C=O) groups is 2. The lowest BCUT2D eigenvalue weighted by atomic mass is 9.85. The molecule has 1 unspecified atom stereocenters. The van der Waals surface area contributed by atoms with Gasteiger partial charge in [-0.15, -0.1) is 0 Å². The van der Waals surface area contributed by atoms with Gasteiger partial charge in [0, 0.05) is 4.83 Å². The van der Waals surface area contributed by atoms with Gasteiger partial charge in [-0.2, -0.15) is 0 Å². The van der Waals surface area contributed by atoms with Crippen molar-refractivity contribution >= 4 is 56.5 Å². The van der Waals surface area contributed by atoms with Gasteiger partial charge in [0.2, 0.25) is 11.6 Å². The molecule has 0 saturated heterocycles. The standard InChI is InChI=1S/C13H9BrCl2O5/c1-2-3(14)4-9(17)5-6(13(21)12(4)20)11(19)8(16)7(15)10(5)18/h3,17-19H,2H2,1H3. The molecule has 0 bridgehead atoms. The zero-order chi connectivity index (χ0) is 16.1. The number of hydrogen-bond acceptors (Lipinski definition) is 5. The number of benzene rings is 1. The molecular weight excluding hydrogens is 387 g/mol. The van der Waals surface area contributed by atoms with Crippen molar-refractivity contribution in [3.05, 3.63) is 26.7 Å². The lowest BCUT2D eigenvalue weighted by Gasteiger charge is -2.23. The van der Waals surface area contributed by atoms with Gasteiger partial charge in [0.1, 0.15) is 27.3 Å². The fraction of sp³-hybridized carbons (Fsp3) is 0.231. The Kier molecular flexibility index (Phi) is 4.24. The van der Waals surface area contributed by atoms with Gasteiger partial charge in [-0.3, -0.25) is 9.59 Å². The molecular formula is C13H9BrCl2O5. The molecule has 1 aromatic carbocycles. The highest BCUT2D eigenvalue weighted by Crippen LogP contribution is 2.49. The fourth-order valence-electron chi connectivity index (χ4n) is 2.09. The number of halogens is 3. The number of phenolic OH excluding ortho intramolecular Hbond substituents is 2. The highest BCUT2D eigenvalue weighted by Gasteiger charge is 2.40. The number of fused-ring (bicyclic) bond motifs is 1. The SMILES string of the molecule is CCC(Br)C1=C(O)c2c(O)c(Cl)c(Cl)c(O)c2C(=O)C1=O. The van der Waals surface area contributed by atoms with E-state index >= 15 is 0 Å². The number of alkyl halides is 1. The number of aliphatic hydroxyl groups excluding tert-OH is 1. The average Bonchev–Trinajstić information content (AvgIpc) is 2.46. The number of Topliss-reactive ketones (excluding diaryl/α,β-unsaturated/α-hetero) is 2. The summed E-state index contributed by atoms with van der Waals surface area (Å²) in [5.41, 5.74) is -1.13. The summed E-state index contributed by atoms with van der Waals surface area (Å²) < 4.78 is 0. The van der Waals surface area contributed by atoms with Gasteiger partial charge in [0.05, 0.1) is 16.7 Å². The van der Waals surface area contributed by atoms with E-state index < -0.39 is 49.3 Å². The average molecular weight is 396 g/mol. The number of hydrogen-bond donors (Lipinski definition) is 3. The van der Waals surface area contributed by atoms with Crippen molar-refractivity contribution in [1.29, 1.82) is 0 Å². The largest absolute Gasteiger partial charge is 0.507 e. The minimum absolute atomic E-state index is 0.192. The predicted octanol–water partition coefficient (Wildman–Crippen LogP) is 3.61. The summed E-state index contributed by atoms with van der Waals surface area (Å²) >= 11 is 14.6. The molecule has 0 heterocycles. The maximum Gasteiger partial charge on any atom is 0.238 e. The molecule has 112 valence electrons. The maximum absolute atomic E-state index is 12.1. The molecule has 0 spiro atoms. The van der Waals surface area contributed by atoms with E-state index in [-0.39, 0.29) is 11.1 Å². The first kappa shape index (κ1) is 16.1. The van der Waals surface area contributed by atoms with E-state index in [0.717, 1.165) is 0 Å². The van der Waals surface area contributed by atoms with E-state index in [2.05, 4.69) is 15.9 Å². The van der Waals surface area contributed by atoms with Gasteiger partial charge in [0.15, 0.2) is 0 Å². The van der Waals surface area contributed by atoms with Crippen LogP contribution in [0.5, 0.6) is 11.5 Å². The number of aliphatic hydroxyl groups is 1. The Hall–Kier alpha value is -1.24. The third-order valence-corrected chi connectivity index (χ3v) is 5.11.